The van der Waals surface area contributed by atoms with Crippen LogP contribution < -0.4 is 0 Å². The number of fused-ring (bicyclic) bond motifs is 5. The fraction of sp³-hybridized carbons (Fsp3) is 0.621. The minimum atomic E-state index is -2.07. The molecule has 1 aromatic rings. The Bertz CT molecular complexity index is 1240. The monoisotopic (exact) mass is 544 g/mol. The van der Waals surface area contributed by atoms with E-state index in [1.165, 1.54) is 26.0 Å². The number of carbonyl (C=O) groups is 3. The van der Waals surface area contributed by atoms with Gasteiger partial charge in [-0.05, 0) is 37.1 Å². The zero-order valence-corrected chi connectivity index (χ0v) is 22.7. The summed E-state index contributed by atoms with van der Waals surface area (Å²) < 4.78 is 17.7. The number of aliphatic hydroxyl groups excluding tert-OH is 3. The quantitative estimate of drug-likeness (QED) is 0.320. The average Bonchev–Trinajstić information content (AvgIpc) is 2.87. The molecule has 2 bridgehead atoms. The van der Waals surface area contributed by atoms with Gasteiger partial charge in [0.15, 0.2) is 11.4 Å². The number of hydrogen-bond donors (Lipinski definition) is 4. The number of ether oxygens (including phenoxy) is 3. The number of aliphatic hydroxyl groups is 4. The summed E-state index contributed by atoms with van der Waals surface area (Å²) in [7, 11) is 0. The van der Waals surface area contributed by atoms with Gasteiger partial charge in [0.25, 0.3) is 0 Å². The first kappa shape index (κ1) is 27.9. The first-order chi connectivity index (χ1) is 18.1. The molecule has 10 nitrogen and oxygen atoms in total. The second-order valence-corrected chi connectivity index (χ2v) is 12.2. The van der Waals surface area contributed by atoms with Gasteiger partial charge in [0.1, 0.15) is 23.9 Å². The van der Waals surface area contributed by atoms with Gasteiger partial charge < -0.3 is 34.6 Å². The van der Waals surface area contributed by atoms with Gasteiger partial charge in [-0.3, -0.25) is 9.59 Å². The number of rotatable bonds is 3. The van der Waals surface area contributed by atoms with Crippen molar-refractivity contribution in [2.75, 3.05) is 6.61 Å². The molecule has 1 saturated heterocycles. The first-order valence-corrected chi connectivity index (χ1v) is 13.2. The molecule has 10 heteroatoms. The summed E-state index contributed by atoms with van der Waals surface area (Å²) in [6.07, 6.45) is -7.26. The van der Waals surface area contributed by atoms with Gasteiger partial charge in [0, 0.05) is 25.2 Å². The smallest absolute Gasteiger partial charge is 0.338 e. The lowest BCUT2D eigenvalue weighted by molar-refractivity contribution is -0.345. The highest BCUT2D eigenvalue weighted by atomic mass is 16.6. The van der Waals surface area contributed by atoms with Crippen LogP contribution in [0, 0.1) is 16.7 Å². The van der Waals surface area contributed by atoms with Gasteiger partial charge in [0.2, 0.25) is 0 Å². The maximum atomic E-state index is 14.3. The van der Waals surface area contributed by atoms with E-state index in [1.807, 2.05) is 0 Å². The van der Waals surface area contributed by atoms with Crippen molar-refractivity contribution in [3.63, 3.8) is 0 Å². The maximum Gasteiger partial charge on any atom is 0.338 e. The van der Waals surface area contributed by atoms with E-state index in [0.29, 0.717) is 5.57 Å². The molecule has 39 heavy (non-hydrogen) atoms. The number of benzene rings is 1. The third kappa shape index (κ3) is 3.62. The van der Waals surface area contributed by atoms with Crippen molar-refractivity contribution < 1.29 is 49.0 Å². The molecule has 2 saturated carbocycles. The maximum absolute atomic E-state index is 14.3. The SMILES string of the molecule is CC(=O)O[C@]12CO[C@@H]1C[C@H](O)[C@]1(C)C(=O)[C@H](O)C3=C(C)[C@@H](O)C[C@](O)([C@@H](OC(=O)c4ccccc4)[C@@H]21)C3(C)C. The summed E-state index contributed by atoms with van der Waals surface area (Å²) in [4.78, 5) is 40.3. The minimum absolute atomic E-state index is 0.0828. The van der Waals surface area contributed by atoms with Crippen molar-refractivity contribution in [1.82, 2.24) is 0 Å². The van der Waals surface area contributed by atoms with E-state index in [4.69, 9.17) is 14.2 Å². The van der Waals surface area contributed by atoms with E-state index in [2.05, 4.69) is 0 Å². The number of hydrogen-bond acceptors (Lipinski definition) is 10. The molecule has 9 atom stereocenters. The van der Waals surface area contributed by atoms with Crippen molar-refractivity contribution >= 4 is 17.7 Å². The van der Waals surface area contributed by atoms with Crippen LogP contribution in [0.4, 0.5) is 0 Å². The van der Waals surface area contributed by atoms with Crippen LogP contribution in [0.3, 0.4) is 0 Å². The van der Waals surface area contributed by atoms with Gasteiger partial charge >= 0.3 is 11.9 Å². The number of carbonyl (C=O) groups excluding carboxylic acids is 3. The van der Waals surface area contributed by atoms with Crippen molar-refractivity contribution in [2.24, 2.45) is 16.7 Å². The van der Waals surface area contributed by atoms with Crippen LogP contribution in [0.15, 0.2) is 41.5 Å². The lowest BCUT2D eigenvalue weighted by atomic mass is 9.44. The first-order valence-electron chi connectivity index (χ1n) is 13.2. The van der Waals surface area contributed by atoms with Crippen molar-refractivity contribution in [3.05, 3.63) is 47.0 Å². The predicted molar refractivity (Wildman–Crippen MR) is 135 cm³/mol. The lowest BCUT2D eigenvalue weighted by Crippen LogP contribution is -2.81. The molecule has 1 aliphatic heterocycles. The van der Waals surface area contributed by atoms with Gasteiger partial charge in [0.05, 0.1) is 35.7 Å². The van der Waals surface area contributed by atoms with E-state index in [-0.39, 0.29) is 30.6 Å². The highest BCUT2D eigenvalue weighted by Gasteiger charge is 2.77. The second-order valence-electron chi connectivity index (χ2n) is 12.2. The summed E-state index contributed by atoms with van der Waals surface area (Å²) in [5, 5.41) is 46.7. The highest BCUT2D eigenvalue weighted by molar-refractivity contribution is 5.94. The zero-order valence-electron chi connectivity index (χ0n) is 22.7. The molecule has 1 aromatic carbocycles. The van der Waals surface area contributed by atoms with E-state index in [1.54, 1.807) is 39.0 Å². The number of esters is 2. The molecular formula is C29H36O10. The summed E-state index contributed by atoms with van der Waals surface area (Å²) in [5.41, 5.74) is -6.24. The lowest BCUT2D eigenvalue weighted by Gasteiger charge is -2.67. The normalized spacial score (nSPS) is 42.7. The third-order valence-corrected chi connectivity index (χ3v) is 9.95. The van der Waals surface area contributed by atoms with Gasteiger partial charge in [-0.1, -0.05) is 32.0 Å². The van der Waals surface area contributed by atoms with E-state index >= 15 is 0 Å². The standard InChI is InChI=1S/C29H36O10/c1-14-17(31)12-29(36)24(38-25(35)16-9-7-6-8-10-16)22-27(5,23(34)21(33)20(14)26(29,3)4)18(32)11-19-28(22,13-37-19)39-15(2)30/h6-10,17-19,21-22,24,31-33,36H,11-13H2,1-5H3/t17-,18-,19+,21+,22+,24-,27-,28+,29-/m0/s1. The minimum Gasteiger partial charge on any atom is -0.455 e. The highest BCUT2D eigenvalue weighted by Crippen LogP contribution is 2.63. The molecule has 4 N–H and O–H groups in total. The fourth-order valence-corrected chi connectivity index (χ4v) is 7.66. The van der Waals surface area contributed by atoms with Crippen LogP contribution in [0.25, 0.3) is 0 Å². The van der Waals surface area contributed by atoms with Gasteiger partial charge in [-0.25, -0.2) is 4.79 Å². The zero-order chi connectivity index (χ0) is 28.7. The van der Waals surface area contributed by atoms with Gasteiger partial charge in [-0.2, -0.15) is 0 Å². The Hall–Kier alpha value is -2.63. The Kier molecular flexibility index (Phi) is 6.40. The molecule has 0 aromatic heterocycles. The molecule has 0 amide bonds. The summed E-state index contributed by atoms with van der Waals surface area (Å²) in [6, 6.07) is 8.08. The Morgan fingerprint density at radius 3 is 2.28 bits per heavy atom. The van der Waals surface area contributed by atoms with Crippen LogP contribution >= 0.6 is 0 Å². The molecule has 3 aliphatic carbocycles. The second kappa shape index (κ2) is 8.94. The molecule has 212 valence electrons. The van der Waals surface area contributed by atoms with Crippen molar-refractivity contribution in [1.29, 1.82) is 0 Å². The molecule has 3 fully saturated rings. The van der Waals surface area contributed by atoms with E-state index < -0.39 is 76.2 Å². The molecule has 1 heterocycles. The number of ketones is 1. The molecule has 4 aliphatic rings. The van der Waals surface area contributed by atoms with Crippen molar-refractivity contribution in [2.45, 2.75) is 89.2 Å². The topological polar surface area (TPSA) is 160 Å². The average molecular weight is 545 g/mol. The molecule has 5 rings (SSSR count). The Morgan fingerprint density at radius 1 is 1.08 bits per heavy atom. The third-order valence-electron chi connectivity index (χ3n) is 9.95. The Balaban J connectivity index is 1.81. The van der Waals surface area contributed by atoms with Crippen LogP contribution in [0.5, 0.6) is 0 Å². The number of Topliss-reactive ketones (excluding diaryl/α,β-unsaturated/α-hetero) is 1. The summed E-state index contributed by atoms with van der Waals surface area (Å²) in [6.45, 7) is 7.29. The van der Waals surface area contributed by atoms with Crippen LogP contribution in [-0.4, -0.2) is 86.5 Å². The Morgan fingerprint density at radius 2 is 1.72 bits per heavy atom. The van der Waals surface area contributed by atoms with Gasteiger partial charge in [-0.15, -0.1) is 0 Å². The molecular weight excluding hydrogens is 508 g/mol. The largest absolute Gasteiger partial charge is 0.455 e. The van der Waals surface area contributed by atoms with Crippen LogP contribution in [0.1, 0.15) is 57.8 Å². The molecule has 0 radical (unpaired) electrons. The fourth-order valence-electron chi connectivity index (χ4n) is 7.66. The molecule has 0 unspecified atom stereocenters. The van der Waals surface area contributed by atoms with Crippen molar-refractivity contribution in [3.8, 4) is 0 Å². The summed E-state index contributed by atoms with van der Waals surface area (Å²) >= 11 is 0. The van der Waals surface area contributed by atoms with E-state index in [0.717, 1.165) is 0 Å². The Labute approximate surface area is 226 Å². The molecule has 0 spiro atoms. The van der Waals surface area contributed by atoms with Crippen LogP contribution in [-0.2, 0) is 23.8 Å². The van der Waals surface area contributed by atoms with Crippen LogP contribution in [0.2, 0.25) is 0 Å². The summed E-state index contributed by atoms with van der Waals surface area (Å²) in [5.74, 6) is -3.60. The van der Waals surface area contributed by atoms with E-state index in [9.17, 15) is 34.8 Å². The predicted octanol–water partition coefficient (Wildman–Crippen LogP) is 1.08.